The maximum absolute atomic E-state index is 12.1. The van der Waals surface area contributed by atoms with Crippen molar-refractivity contribution in [1.82, 2.24) is 9.13 Å². The number of hydrogen-bond donors (Lipinski definition) is 2. The average Bonchev–Trinajstić information content (AvgIpc) is 2.49. The maximum atomic E-state index is 12.1. The summed E-state index contributed by atoms with van der Waals surface area (Å²) in [4.78, 5) is 23.8. The first-order valence-electron chi connectivity index (χ1n) is 7.15. The first-order chi connectivity index (χ1) is 9.93. The second kappa shape index (κ2) is 7.53. The van der Waals surface area contributed by atoms with Gasteiger partial charge in [-0.3, -0.25) is 13.9 Å². The Morgan fingerprint density at radius 3 is 2.48 bits per heavy atom. The van der Waals surface area contributed by atoms with E-state index in [1.54, 1.807) is 0 Å². The Labute approximate surface area is 124 Å². The van der Waals surface area contributed by atoms with E-state index < -0.39 is 17.3 Å². The van der Waals surface area contributed by atoms with Gasteiger partial charge in [0.1, 0.15) is 17.5 Å². The Hall–Kier alpha value is -2.23. The molecule has 1 heterocycles. The standard InChI is InChI=1S/C14H23N5O2/c1-4-5-6-7-8-10(9-15)17-11-12(16)18(2)14(21)19(3)13(11)20/h10,17H,4-8,16H2,1-3H3. The third-order valence-electron chi connectivity index (χ3n) is 3.53. The lowest BCUT2D eigenvalue weighted by Gasteiger charge is -2.16. The number of nitriles is 1. The Kier molecular flexibility index (Phi) is 6.03. The van der Waals surface area contributed by atoms with Crippen LogP contribution in [0.3, 0.4) is 0 Å². The van der Waals surface area contributed by atoms with Crippen molar-refractivity contribution in [3.63, 3.8) is 0 Å². The molecule has 3 N–H and O–H groups in total. The van der Waals surface area contributed by atoms with Crippen LogP contribution in [-0.4, -0.2) is 15.2 Å². The smallest absolute Gasteiger partial charge is 0.332 e. The van der Waals surface area contributed by atoms with Crippen molar-refractivity contribution < 1.29 is 0 Å². The van der Waals surface area contributed by atoms with Crippen molar-refractivity contribution in [2.45, 2.75) is 45.1 Å². The maximum Gasteiger partial charge on any atom is 0.332 e. The van der Waals surface area contributed by atoms with Crippen LogP contribution in [0.4, 0.5) is 11.5 Å². The van der Waals surface area contributed by atoms with E-state index in [-0.39, 0.29) is 11.5 Å². The van der Waals surface area contributed by atoms with E-state index >= 15 is 0 Å². The minimum Gasteiger partial charge on any atom is -0.383 e. The van der Waals surface area contributed by atoms with Crippen LogP contribution in [0.15, 0.2) is 9.59 Å². The van der Waals surface area contributed by atoms with Gasteiger partial charge < -0.3 is 11.1 Å². The van der Waals surface area contributed by atoms with Crippen molar-refractivity contribution in [3.8, 4) is 6.07 Å². The number of nitrogens with zero attached hydrogens (tertiary/aromatic N) is 3. The fraction of sp³-hybridized carbons (Fsp3) is 0.643. The topological polar surface area (TPSA) is 106 Å². The highest BCUT2D eigenvalue weighted by Gasteiger charge is 2.16. The van der Waals surface area contributed by atoms with Gasteiger partial charge in [0.25, 0.3) is 5.56 Å². The molecular weight excluding hydrogens is 270 g/mol. The zero-order valence-electron chi connectivity index (χ0n) is 12.8. The quantitative estimate of drug-likeness (QED) is 0.728. The van der Waals surface area contributed by atoms with Gasteiger partial charge in [-0.1, -0.05) is 32.6 Å². The van der Waals surface area contributed by atoms with Crippen LogP contribution in [0.5, 0.6) is 0 Å². The normalized spacial score (nSPS) is 11.9. The highest BCUT2D eigenvalue weighted by Crippen LogP contribution is 2.14. The second-order valence-electron chi connectivity index (χ2n) is 5.14. The molecule has 7 nitrogen and oxygen atoms in total. The van der Waals surface area contributed by atoms with Gasteiger partial charge in [-0.25, -0.2) is 4.79 Å². The molecule has 0 amide bonds. The van der Waals surface area contributed by atoms with Gasteiger partial charge in [-0.05, 0) is 6.42 Å². The van der Waals surface area contributed by atoms with Gasteiger partial charge in [-0.15, -0.1) is 0 Å². The summed E-state index contributed by atoms with van der Waals surface area (Å²) in [7, 11) is 2.88. The first kappa shape index (κ1) is 16.8. The van der Waals surface area contributed by atoms with E-state index in [1.165, 1.54) is 18.7 Å². The summed E-state index contributed by atoms with van der Waals surface area (Å²) in [5.74, 6) is 0.0527. The molecule has 1 unspecified atom stereocenters. The molecule has 0 aromatic carbocycles. The summed E-state index contributed by atoms with van der Waals surface area (Å²) in [6, 6.07) is 1.64. The van der Waals surface area contributed by atoms with Crippen LogP contribution in [0, 0.1) is 11.3 Å². The molecule has 1 rings (SSSR count). The average molecular weight is 293 g/mol. The minimum atomic E-state index is -0.510. The Morgan fingerprint density at radius 2 is 1.90 bits per heavy atom. The lowest BCUT2D eigenvalue weighted by atomic mass is 10.1. The minimum absolute atomic E-state index is 0.0527. The third kappa shape index (κ3) is 3.88. The molecule has 0 saturated heterocycles. The van der Waals surface area contributed by atoms with Crippen LogP contribution in [0.25, 0.3) is 0 Å². The molecule has 21 heavy (non-hydrogen) atoms. The molecule has 0 bridgehead atoms. The molecule has 0 radical (unpaired) electrons. The summed E-state index contributed by atoms with van der Waals surface area (Å²) >= 11 is 0. The molecule has 116 valence electrons. The van der Waals surface area contributed by atoms with Gasteiger partial charge in [0, 0.05) is 14.1 Å². The number of aromatic nitrogens is 2. The molecule has 1 aromatic rings. The zero-order chi connectivity index (χ0) is 16.0. The van der Waals surface area contributed by atoms with E-state index in [2.05, 4.69) is 18.3 Å². The number of hydrogen-bond acceptors (Lipinski definition) is 5. The SMILES string of the molecule is CCCCCCC(C#N)Nc1c(N)n(C)c(=O)n(C)c1=O. The van der Waals surface area contributed by atoms with Crippen LogP contribution in [0.1, 0.15) is 39.0 Å². The van der Waals surface area contributed by atoms with Crippen LogP contribution >= 0.6 is 0 Å². The van der Waals surface area contributed by atoms with Gasteiger partial charge in [0.05, 0.1) is 6.07 Å². The summed E-state index contributed by atoms with van der Waals surface area (Å²) in [5, 5.41) is 12.1. The molecule has 7 heteroatoms. The number of nitrogens with one attached hydrogen (secondary N) is 1. The van der Waals surface area contributed by atoms with Crippen molar-refractivity contribution in [2.24, 2.45) is 14.1 Å². The predicted molar refractivity (Wildman–Crippen MR) is 83.1 cm³/mol. The summed E-state index contributed by atoms with van der Waals surface area (Å²) < 4.78 is 2.17. The van der Waals surface area contributed by atoms with E-state index in [0.29, 0.717) is 6.42 Å². The fourth-order valence-electron chi connectivity index (χ4n) is 2.11. The molecule has 0 saturated carbocycles. The van der Waals surface area contributed by atoms with Gasteiger partial charge in [0.15, 0.2) is 0 Å². The lowest BCUT2D eigenvalue weighted by Crippen LogP contribution is -2.40. The highest BCUT2D eigenvalue weighted by molar-refractivity contribution is 5.61. The molecule has 0 aliphatic rings. The summed E-state index contributed by atoms with van der Waals surface area (Å²) in [5.41, 5.74) is 4.93. The van der Waals surface area contributed by atoms with Gasteiger partial charge in [0.2, 0.25) is 0 Å². The molecule has 0 aliphatic carbocycles. The van der Waals surface area contributed by atoms with Crippen molar-refractivity contribution in [1.29, 1.82) is 5.26 Å². The Morgan fingerprint density at radius 1 is 1.24 bits per heavy atom. The van der Waals surface area contributed by atoms with Gasteiger partial charge >= 0.3 is 5.69 Å². The second-order valence-corrected chi connectivity index (χ2v) is 5.14. The number of rotatable bonds is 7. The van der Waals surface area contributed by atoms with E-state index in [9.17, 15) is 14.9 Å². The van der Waals surface area contributed by atoms with Gasteiger partial charge in [-0.2, -0.15) is 5.26 Å². The van der Waals surface area contributed by atoms with E-state index in [4.69, 9.17) is 5.73 Å². The number of anilines is 2. The summed E-state index contributed by atoms with van der Waals surface area (Å²) in [6.45, 7) is 2.12. The molecule has 1 aromatic heterocycles. The molecule has 0 spiro atoms. The number of unbranched alkanes of at least 4 members (excludes halogenated alkanes) is 3. The first-order valence-corrected chi connectivity index (χ1v) is 7.15. The third-order valence-corrected chi connectivity index (χ3v) is 3.53. The van der Waals surface area contributed by atoms with E-state index in [0.717, 1.165) is 30.3 Å². The van der Waals surface area contributed by atoms with Crippen LogP contribution in [0.2, 0.25) is 0 Å². The highest BCUT2D eigenvalue weighted by atomic mass is 16.2. The zero-order valence-corrected chi connectivity index (χ0v) is 12.8. The summed E-state index contributed by atoms with van der Waals surface area (Å²) in [6.07, 6.45) is 4.85. The monoisotopic (exact) mass is 293 g/mol. The van der Waals surface area contributed by atoms with Crippen molar-refractivity contribution in [2.75, 3.05) is 11.1 Å². The molecule has 1 atom stereocenters. The fourth-order valence-corrected chi connectivity index (χ4v) is 2.11. The Bertz CT molecular complexity index is 638. The molecule has 0 aliphatic heterocycles. The lowest BCUT2D eigenvalue weighted by molar-refractivity contribution is 0.615. The van der Waals surface area contributed by atoms with E-state index in [1.807, 2.05) is 0 Å². The predicted octanol–water partition coefficient (Wildman–Crippen LogP) is 0.941. The van der Waals surface area contributed by atoms with Crippen molar-refractivity contribution >= 4 is 11.5 Å². The van der Waals surface area contributed by atoms with Crippen molar-refractivity contribution in [3.05, 3.63) is 20.8 Å². The number of nitrogen functional groups attached to an aromatic ring is 1. The number of nitrogens with two attached hydrogens (primary N) is 1. The largest absolute Gasteiger partial charge is 0.383 e. The Balaban J connectivity index is 2.94. The van der Waals surface area contributed by atoms with Crippen LogP contribution in [-0.2, 0) is 14.1 Å². The van der Waals surface area contributed by atoms with Crippen LogP contribution < -0.4 is 22.3 Å². The molecular formula is C14H23N5O2. The molecule has 0 fully saturated rings.